The Kier molecular flexibility index (Phi) is 5.43. The lowest BCUT2D eigenvalue weighted by molar-refractivity contribution is -0.117. The number of benzene rings is 2. The quantitative estimate of drug-likeness (QED) is 0.894. The molecule has 0 unspecified atom stereocenters. The van der Waals surface area contributed by atoms with Gasteiger partial charge in [0.25, 0.3) is 0 Å². The van der Waals surface area contributed by atoms with E-state index in [1.807, 2.05) is 60.7 Å². The molecule has 0 spiro atoms. The van der Waals surface area contributed by atoms with Crippen molar-refractivity contribution in [1.82, 2.24) is 5.32 Å². The first kappa shape index (κ1) is 15.8. The lowest BCUT2D eigenvalue weighted by Crippen LogP contribution is -2.40. The van der Waals surface area contributed by atoms with Crippen LogP contribution in [0.15, 0.2) is 60.7 Å². The second-order valence-corrected chi connectivity index (χ2v) is 6.12. The highest BCUT2D eigenvalue weighted by Crippen LogP contribution is 2.25. The standard InChI is InChI=1S/C20H24N2O/c23-20(16-21-17-10-4-1-5-11-17)22(18-12-6-2-7-13-18)19-14-8-3-9-15-19/h2-3,6-9,12-15,17,21H,1,4-5,10-11,16H2. The third-order valence-electron chi connectivity index (χ3n) is 4.43. The maximum Gasteiger partial charge on any atom is 0.245 e. The molecule has 3 rings (SSSR count). The second-order valence-electron chi connectivity index (χ2n) is 6.12. The third kappa shape index (κ3) is 4.20. The van der Waals surface area contributed by atoms with Gasteiger partial charge >= 0.3 is 0 Å². The summed E-state index contributed by atoms with van der Waals surface area (Å²) in [4.78, 5) is 14.7. The Morgan fingerprint density at radius 2 is 1.39 bits per heavy atom. The zero-order valence-corrected chi connectivity index (χ0v) is 13.4. The van der Waals surface area contributed by atoms with Gasteiger partial charge < -0.3 is 5.32 Å². The van der Waals surface area contributed by atoms with Crippen molar-refractivity contribution in [3.8, 4) is 0 Å². The number of carbonyl (C=O) groups is 1. The molecule has 23 heavy (non-hydrogen) atoms. The van der Waals surface area contributed by atoms with Gasteiger partial charge in [0, 0.05) is 17.4 Å². The van der Waals surface area contributed by atoms with Gasteiger partial charge in [-0.25, -0.2) is 0 Å². The smallest absolute Gasteiger partial charge is 0.245 e. The molecule has 0 aliphatic heterocycles. The van der Waals surface area contributed by atoms with E-state index in [4.69, 9.17) is 0 Å². The normalized spacial score (nSPS) is 15.3. The fourth-order valence-corrected chi connectivity index (χ4v) is 3.21. The zero-order valence-electron chi connectivity index (χ0n) is 13.4. The summed E-state index contributed by atoms with van der Waals surface area (Å²) in [5.74, 6) is 0.0907. The van der Waals surface area contributed by atoms with E-state index in [1.165, 1.54) is 32.1 Å². The van der Waals surface area contributed by atoms with E-state index in [9.17, 15) is 4.79 Å². The van der Waals surface area contributed by atoms with E-state index >= 15 is 0 Å². The Morgan fingerprint density at radius 1 is 0.870 bits per heavy atom. The fraction of sp³-hybridized carbons (Fsp3) is 0.350. The largest absolute Gasteiger partial charge is 0.306 e. The molecule has 3 nitrogen and oxygen atoms in total. The first-order valence-electron chi connectivity index (χ1n) is 8.51. The molecule has 1 aliphatic rings. The lowest BCUT2D eigenvalue weighted by atomic mass is 9.95. The van der Waals surface area contributed by atoms with E-state index in [1.54, 1.807) is 4.90 Å². The molecule has 1 fully saturated rings. The minimum absolute atomic E-state index is 0.0907. The summed E-state index contributed by atoms with van der Waals surface area (Å²) >= 11 is 0. The second kappa shape index (κ2) is 7.93. The highest BCUT2D eigenvalue weighted by Gasteiger charge is 2.20. The number of nitrogens with one attached hydrogen (secondary N) is 1. The maximum absolute atomic E-state index is 12.9. The SMILES string of the molecule is O=C(CNC1CCCCC1)N(c1ccccc1)c1ccccc1. The zero-order chi connectivity index (χ0) is 15.9. The Morgan fingerprint density at radius 3 is 1.91 bits per heavy atom. The monoisotopic (exact) mass is 308 g/mol. The van der Waals surface area contributed by atoms with E-state index in [0.29, 0.717) is 12.6 Å². The van der Waals surface area contributed by atoms with Crippen molar-refractivity contribution in [2.45, 2.75) is 38.1 Å². The van der Waals surface area contributed by atoms with Crippen LogP contribution in [0.3, 0.4) is 0 Å². The van der Waals surface area contributed by atoms with Crippen molar-refractivity contribution in [2.24, 2.45) is 0 Å². The summed E-state index contributed by atoms with van der Waals surface area (Å²) in [7, 11) is 0. The molecule has 120 valence electrons. The molecule has 0 bridgehead atoms. The van der Waals surface area contributed by atoms with Gasteiger partial charge in [0.1, 0.15) is 0 Å². The third-order valence-corrected chi connectivity index (χ3v) is 4.43. The molecule has 2 aromatic rings. The van der Waals surface area contributed by atoms with Crippen molar-refractivity contribution >= 4 is 17.3 Å². The van der Waals surface area contributed by atoms with Crippen LogP contribution in [0.5, 0.6) is 0 Å². The lowest BCUT2D eigenvalue weighted by Gasteiger charge is -2.26. The Hall–Kier alpha value is -2.13. The van der Waals surface area contributed by atoms with E-state index in [0.717, 1.165) is 11.4 Å². The number of rotatable bonds is 5. The Labute approximate surface area is 138 Å². The van der Waals surface area contributed by atoms with E-state index < -0.39 is 0 Å². The van der Waals surface area contributed by atoms with Crippen molar-refractivity contribution in [3.05, 3.63) is 60.7 Å². The van der Waals surface area contributed by atoms with Crippen LogP contribution >= 0.6 is 0 Å². The number of para-hydroxylation sites is 2. The topological polar surface area (TPSA) is 32.3 Å². The number of amides is 1. The summed E-state index contributed by atoms with van der Waals surface area (Å²) < 4.78 is 0. The maximum atomic E-state index is 12.9. The molecule has 0 radical (unpaired) electrons. The van der Waals surface area contributed by atoms with E-state index in [2.05, 4.69) is 5.32 Å². The van der Waals surface area contributed by atoms with Crippen LogP contribution in [0.2, 0.25) is 0 Å². The number of hydrogen-bond acceptors (Lipinski definition) is 2. The molecule has 0 atom stereocenters. The van der Waals surface area contributed by atoms with Gasteiger partial charge in [0.05, 0.1) is 6.54 Å². The predicted octanol–water partition coefficient (Wildman–Crippen LogP) is 4.27. The van der Waals surface area contributed by atoms with Gasteiger partial charge in [0.15, 0.2) is 0 Å². The van der Waals surface area contributed by atoms with Crippen molar-refractivity contribution in [3.63, 3.8) is 0 Å². The molecular formula is C20H24N2O. The molecule has 1 aliphatic carbocycles. The van der Waals surface area contributed by atoms with Crippen LogP contribution in [0.1, 0.15) is 32.1 Å². The van der Waals surface area contributed by atoms with Crippen molar-refractivity contribution in [2.75, 3.05) is 11.4 Å². The first-order valence-corrected chi connectivity index (χ1v) is 8.51. The minimum Gasteiger partial charge on any atom is -0.306 e. The van der Waals surface area contributed by atoms with Gasteiger partial charge in [-0.3, -0.25) is 9.69 Å². The molecule has 0 saturated heterocycles. The molecule has 0 aromatic heterocycles. The summed E-state index contributed by atoms with van der Waals surface area (Å²) in [6, 6.07) is 20.2. The van der Waals surface area contributed by atoms with Crippen LogP contribution in [0.25, 0.3) is 0 Å². The van der Waals surface area contributed by atoms with Gasteiger partial charge in [0.2, 0.25) is 5.91 Å². The highest BCUT2D eigenvalue weighted by molar-refractivity contribution is 6.01. The average Bonchev–Trinajstić information content (AvgIpc) is 2.63. The first-order chi connectivity index (χ1) is 11.3. The van der Waals surface area contributed by atoms with Crippen LogP contribution in [-0.2, 0) is 4.79 Å². The molecule has 1 amide bonds. The van der Waals surface area contributed by atoms with Crippen molar-refractivity contribution < 1.29 is 4.79 Å². The molecule has 1 saturated carbocycles. The molecule has 2 aromatic carbocycles. The van der Waals surface area contributed by atoms with Gasteiger partial charge in [-0.1, -0.05) is 55.7 Å². The molecule has 0 heterocycles. The van der Waals surface area contributed by atoms with Gasteiger partial charge in [-0.2, -0.15) is 0 Å². The van der Waals surface area contributed by atoms with Crippen LogP contribution < -0.4 is 10.2 Å². The summed E-state index contributed by atoms with van der Waals surface area (Å²) in [6.45, 7) is 0.383. The van der Waals surface area contributed by atoms with Crippen molar-refractivity contribution in [1.29, 1.82) is 0 Å². The van der Waals surface area contributed by atoms with Crippen LogP contribution in [0.4, 0.5) is 11.4 Å². The average molecular weight is 308 g/mol. The number of hydrogen-bond donors (Lipinski definition) is 1. The van der Waals surface area contributed by atoms with E-state index in [-0.39, 0.29) is 5.91 Å². The van der Waals surface area contributed by atoms with Crippen LogP contribution in [0, 0.1) is 0 Å². The number of carbonyl (C=O) groups excluding carboxylic acids is 1. The fourth-order valence-electron chi connectivity index (χ4n) is 3.21. The number of nitrogens with zero attached hydrogens (tertiary/aromatic N) is 1. The summed E-state index contributed by atoms with van der Waals surface area (Å²) in [5, 5.41) is 3.45. The Bertz CT molecular complexity index is 567. The summed E-state index contributed by atoms with van der Waals surface area (Å²) in [6.07, 6.45) is 6.24. The highest BCUT2D eigenvalue weighted by atomic mass is 16.2. The Balaban J connectivity index is 1.74. The predicted molar refractivity (Wildman–Crippen MR) is 94.9 cm³/mol. The molecule has 1 N–H and O–H groups in total. The van der Waals surface area contributed by atoms with Crippen LogP contribution in [-0.4, -0.2) is 18.5 Å². The minimum atomic E-state index is 0.0907. The summed E-state index contributed by atoms with van der Waals surface area (Å²) in [5.41, 5.74) is 1.82. The van der Waals surface area contributed by atoms with Gasteiger partial charge in [-0.15, -0.1) is 0 Å². The molecular weight excluding hydrogens is 284 g/mol. The van der Waals surface area contributed by atoms with Gasteiger partial charge in [-0.05, 0) is 37.1 Å². The molecule has 3 heteroatoms. The number of anilines is 2.